The van der Waals surface area contributed by atoms with Crippen molar-refractivity contribution in [3.8, 4) is 0 Å². The van der Waals surface area contributed by atoms with Gasteiger partial charge in [0.15, 0.2) is 0 Å². The lowest BCUT2D eigenvalue weighted by Gasteiger charge is -2.04. The van der Waals surface area contributed by atoms with E-state index in [0.717, 1.165) is 19.4 Å². The van der Waals surface area contributed by atoms with Crippen LogP contribution >= 0.6 is 0 Å². The Morgan fingerprint density at radius 1 is 1.41 bits per heavy atom. The van der Waals surface area contributed by atoms with Crippen molar-refractivity contribution < 1.29 is 14.5 Å². The predicted octanol–water partition coefficient (Wildman–Crippen LogP) is 0.668. The van der Waals surface area contributed by atoms with Gasteiger partial charge in [-0.05, 0) is 13.3 Å². The van der Waals surface area contributed by atoms with Crippen molar-refractivity contribution >= 4 is 5.97 Å². The number of unbranched alkanes of at least 4 members (excludes halogenated alkanes) is 2. The van der Waals surface area contributed by atoms with Gasteiger partial charge < -0.3 is 9.90 Å². The molecule has 0 bridgehead atoms. The van der Waals surface area contributed by atoms with E-state index in [1.807, 2.05) is 17.0 Å². The third-order valence-electron chi connectivity index (χ3n) is 2.99. The SMILES string of the molecule is CCCCCc1n(CC)cc[n+]1CCC(=O)[O-]. The van der Waals surface area contributed by atoms with Gasteiger partial charge >= 0.3 is 0 Å². The minimum Gasteiger partial charge on any atom is -0.550 e. The van der Waals surface area contributed by atoms with Crippen molar-refractivity contribution in [1.82, 2.24) is 4.57 Å². The van der Waals surface area contributed by atoms with Gasteiger partial charge in [-0.15, -0.1) is 0 Å². The van der Waals surface area contributed by atoms with Crippen LogP contribution < -0.4 is 9.67 Å². The molecule has 0 saturated heterocycles. The van der Waals surface area contributed by atoms with Crippen molar-refractivity contribution in [2.24, 2.45) is 0 Å². The summed E-state index contributed by atoms with van der Waals surface area (Å²) in [5.41, 5.74) is 0. The van der Waals surface area contributed by atoms with Crippen LogP contribution in [0.3, 0.4) is 0 Å². The van der Waals surface area contributed by atoms with Crippen molar-refractivity contribution in [2.45, 2.75) is 59.0 Å². The summed E-state index contributed by atoms with van der Waals surface area (Å²) >= 11 is 0. The molecular weight excluding hydrogens is 216 g/mol. The van der Waals surface area contributed by atoms with E-state index >= 15 is 0 Å². The van der Waals surface area contributed by atoms with Gasteiger partial charge in [0.25, 0.3) is 5.82 Å². The largest absolute Gasteiger partial charge is 0.550 e. The second-order valence-electron chi connectivity index (χ2n) is 4.27. The first-order valence-corrected chi connectivity index (χ1v) is 6.46. The van der Waals surface area contributed by atoms with E-state index in [-0.39, 0.29) is 6.42 Å². The second kappa shape index (κ2) is 7.09. The lowest BCUT2D eigenvalue weighted by atomic mass is 10.2. The molecule has 0 fully saturated rings. The van der Waals surface area contributed by atoms with E-state index in [1.54, 1.807) is 0 Å². The van der Waals surface area contributed by atoms with Gasteiger partial charge in [-0.1, -0.05) is 19.8 Å². The number of nitrogens with zero attached hydrogens (tertiary/aromatic N) is 2. The molecule has 0 aliphatic rings. The number of imidazole rings is 1. The fourth-order valence-electron chi connectivity index (χ4n) is 2.02. The summed E-state index contributed by atoms with van der Waals surface area (Å²) in [6.45, 7) is 5.73. The molecule has 17 heavy (non-hydrogen) atoms. The number of aryl methyl sites for hydroxylation is 2. The van der Waals surface area contributed by atoms with Crippen LogP contribution in [0.2, 0.25) is 0 Å². The van der Waals surface area contributed by atoms with Gasteiger partial charge in [0, 0.05) is 18.8 Å². The van der Waals surface area contributed by atoms with Crippen LogP contribution in [0.15, 0.2) is 12.4 Å². The Morgan fingerprint density at radius 2 is 2.18 bits per heavy atom. The molecule has 1 heterocycles. The van der Waals surface area contributed by atoms with Crippen LogP contribution in [0.1, 0.15) is 45.4 Å². The van der Waals surface area contributed by atoms with E-state index in [2.05, 4.69) is 18.4 Å². The van der Waals surface area contributed by atoms with Crippen molar-refractivity contribution in [3.05, 3.63) is 18.2 Å². The molecule has 0 saturated carbocycles. The topological polar surface area (TPSA) is 48.9 Å². The van der Waals surface area contributed by atoms with E-state index in [1.165, 1.54) is 18.7 Å². The zero-order valence-electron chi connectivity index (χ0n) is 10.8. The first-order valence-electron chi connectivity index (χ1n) is 6.46. The molecule has 1 rings (SSSR count). The Balaban J connectivity index is 2.67. The fourth-order valence-corrected chi connectivity index (χ4v) is 2.02. The fraction of sp³-hybridized carbons (Fsp3) is 0.692. The molecule has 1 aromatic rings. The maximum Gasteiger partial charge on any atom is 0.256 e. The molecule has 0 aliphatic heterocycles. The molecule has 0 aromatic carbocycles. The molecule has 0 aliphatic carbocycles. The Kier molecular flexibility index (Phi) is 5.73. The van der Waals surface area contributed by atoms with E-state index in [9.17, 15) is 9.90 Å². The highest BCUT2D eigenvalue weighted by Gasteiger charge is 2.14. The summed E-state index contributed by atoms with van der Waals surface area (Å²) in [5.74, 6) is 0.239. The maximum absolute atomic E-state index is 10.5. The number of carbonyl (C=O) groups is 1. The summed E-state index contributed by atoms with van der Waals surface area (Å²) in [4.78, 5) is 10.5. The third kappa shape index (κ3) is 4.21. The first-order chi connectivity index (χ1) is 8.19. The van der Waals surface area contributed by atoms with Gasteiger partial charge in [-0.25, -0.2) is 9.13 Å². The van der Waals surface area contributed by atoms with E-state index in [0.29, 0.717) is 6.54 Å². The highest BCUT2D eigenvalue weighted by molar-refractivity contribution is 5.63. The molecule has 0 atom stereocenters. The lowest BCUT2D eigenvalue weighted by Crippen LogP contribution is -2.40. The zero-order valence-corrected chi connectivity index (χ0v) is 10.8. The van der Waals surface area contributed by atoms with Gasteiger partial charge in [-0.2, -0.15) is 0 Å². The number of carboxylic acid groups (broad SMARTS) is 1. The summed E-state index contributed by atoms with van der Waals surface area (Å²) in [7, 11) is 0. The van der Waals surface area contributed by atoms with Crippen molar-refractivity contribution in [2.75, 3.05) is 0 Å². The van der Waals surface area contributed by atoms with Crippen molar-refractivity contribution in [3.63, 3.8) is 0 Å². The number of aromatic nitrogens is 2. The van der Waals surface area contributed by atoms with Gasteiger partial charge in [0.1, 0.15) is 12.4 Å². The van der Waals surface area contributed by atoms with Crippen LogP contribution in [-0.4, -0.2) is 10.5 Å². The Hall–Kier alpha value is -1.32. The zero-order chi connectivity index (χ0) is 12.7. The summed E-state index contributed by atoms with van der Waals surface area (Å²) in [6.07, 6.45) is 8.66. The Bertz CT molecular complexity index is 358. The minimum absolute atomic E-state index is 0.0825. The highest BCUT2D eigenvalue weighted by atomic mass is 16.4. The van der Waals surface area contributed by atoms with Crippen molar-refractivity contribution in [1.29, 1.82) is 0 Å². The Morgan fingerprint density at radius 3 is 2.76 bits per heavy atom. The first kappa shape index (κ1) is 13.7. The molecule has 0 N–H and O–H groups in total. The lowest BCUT2D eigenvalue weighted by molar-refractivity contribution is -0.703. The second-order valence-corrected chi connectivity index (χ2v) is 4.27. The molecular formula is C13H22N2O2. The molecule has 0 amide bonds. The van der Waals surface area contributed by atoms with Crippen LogP contribution in [0.25, 0.3) is 0 Å². The van der Waals surface area contributed by atoms with Crippen LogP contribution in [-0.2, 0) is 24.3 Å². The number of carboxylic acids is 1. The Labute approximate surface area is 103 Å². The van der Waals surface area contributed by atoms with Crippen LogP contribution in [0.5, 0.6) is 0 Å². The predicted molar refractivity (Wildman–Crippen MR) is 63.2 cm³/mol. The molecule has 4 heteroatoms. The minimum atomic E-state index is -0.985. The number of aliphatic carboxylic acids is 1. The summed E-state index contributed by atoms with van der Waals surface area (Å²) in [6, 6.07) is 0. The highest BCUT2D eigenvalue weighted by Crippen LogP contribution is 2.04. The van der Waals surface area contributed by atoms with E-state index in [4.69, 9.17) is 0 Å². The maximum atomic E-state index is 10.5. The average Bonchev–Trinajstić information content (AvgIpc) is 2.69. The summed E-state index contributed by atoms with van der Waals surface area (Å²) in [5, 5.41) is 10.5. The monoisotopic (exact) mass is 238 g/mol. The molecule has 0 unspecified atom stereocenters. The number of hydrogen-bond acceptors (Lipinski definition) is 2. The quantitative estimate of drug-likeness (QED) is 0.493. The van der Waals surface area contributed by atoms with Gasteiger partial charge in [0.2, 0.25) is 0 Å². The van der Waals surface area contributed by atoms with Crippen LogP contribution in [0.4, 0.5) is 0 Å². The average molecular weight is 238 g/mol. The number of hydrogen-bond donors (Lipinski definition) is 0. The molecule has 1 aromatic heterocycles. The van der Waals surface area contributed by atoms with E-state index < -0.39 is 5.97 Å². The summed E-state index contributed by atoms with van der Waals surface area (Å²) < 4.78 is 4.22. The smallest absolute Gasteiger partial charge is 0.256 e. The van der Waals surface area contributed by atoms with Gasteiger partial charge in [0.05, 0.1) is 13.1 Å². The standard InChI is InChI=1S/C13H22N2O2/c1-3-5-6-7-12-14(4-2)10-11-15(12)9-8-13(16)17/h10-11H,3-9H2,1-2H3. The van der Waals surface area contributed by atoms with Gasteiger partial charge in [-0.3, -0.25) is 0 Å². The number of carbonyl (C=O) groups excluding carboxylic acids is 1. The normalized spacial score (nSPS) is 10.7. The molecule has 0 spiro atoms. The van der Waals surface area contributed by atoms with Crippen LogP contribution in [0, 0.1) is 0 Å². The third-order valence-corrected chi connectivity index (χ3v) is 2.99. The molecule has 4 nitrogen and oxygen atoms in total. The molecule has 0 radical (unpaired) electrons. The number of rotatable bonds is 8. The molecule has 96 valence electrons.